The Bertz CT molecular complexity index is 1250. The number of urea groups is 1. The fourth-order valence-electron chi connectivity index (χ4n) is 4.82. The molecule has 0 saturated carbocycles. The molecule has 0 unspecified atom stereocenters. The summed E-state index contributed by atoms with van der Waals surface area (Å²) in [6, 6.07) is 7.01. The molecule has 1 aromatic carbocycles. The maximum absolute atomic E-state index is 15.0. The molecule has 9 heteroatoms. The van der Waals surface area contributed by atoms with Gasteiger partial charge >= 0.3 is 6.03 Å². The standard InChI is InChI=1S/C25H23ClF2N4O2/c1-13(2)34-23-6-3-14(12-30-23)17-10-20(27)21(11-19(17)26)31-25(33)32-15-4-5-22(32)16-7-8-29-24(28)18(16)9-15/h3,6-8,10-13,15,22H,4-5,9H2,1-2H3,(H,31,33)/t15-,22+/m0/s1. The predicted molar refractivity (Wildman–Crippen MR) is 125 cm³/mol. The first-order chi connectivity index (χ1) is 16.3. The van der Waals surface area contributed by atoms with E-state index < -0.39 is 17.8 Å². The number of aromatic nitrogens is 2. The molecule has 2 aliphatic rings. The smallest absolute Gasteiger partial charge is 0.322 e. The Labute approximate surface area is 200 Å². The van der Waals surface area contributed by atoms with Crippen molar-refractivity contribution in [3.63, 3.8) is 0 Å². The Morgan fingerprint density at radius 2 is 2.03 bits per heavy atom. The number of anilines is 1. The molecule has 1 fully saturated rings. The van der Waals surface area contributed by atoms with Crippen LogP contribution < -0.4 is 10.1 Å². The summed E-state index contributed by atoms with van der Waals surface area (Å²) in [4.78, 5) is 22.8. The quantitative estimate of drug-likeness (QED) is 0.450. The summed E-state index contributed by atoms with van der Waals surface area (Å²) in [6.45, 7) is 3.80. The zero-order valence-corrected chi connectivity index (χ0v) is 19.4. The van der Waals surface area contributed by atoms with Crippen molar-refractivity contribution in [1.29, 1.82) is 0 Å². The van der Waals surface area contributed by atoms with E-state index in [1.165, 1.54) is 18.3 Å². The summed E-state index contributed by atoms with van der Waals surface area (Å²) >= 11 is 6.44. The first-order valence-corrected chi connectivity index (χ1v) is 11.5. The fourth-order valence-corrected chi connectivity index (χ4v) is 5.09. The van der Waals surface area contributed by atoms with Crippen molar-refractivity contribution < 1.29 is 18.3 Å². The average Bonchev–Trinajstić information content (AvgIpc) is 3.12. The van der Waals surface area contributed by atoms with Gasteiger partial charge in [-0.3, -0.25) is 0 Å². The van der Waals surface area contributed by atoms with Gasteiger partial charge in [0.15, 0.2) is 0 Å². The largest absolute Gasteiger partial charge is 0.475 e. The highest BCUT2D eigenvalue weighted by Crippen LogP contribution is 2.44. The minimum absolute atomic E-state index is 0.0124. The molecule has 2 atom stereocenters. The third-order valence-corrected chi connectivity index (χ3v) is 6.59. The molecule has 6 nitrogen and oxygen atoms in total. The van der Waals surface area contributed by atoms with Crippen molar-refractivity contribution in [1.82, 2.24) is 14.9 Å². The molecule has 2 aliphatic heterocycles. The van der Waals surface area contributed by atoms with Crippen molar-refractivity contribution >= 4 is 23.3 Å². The molecule has 34 heavy (non-hydrogen) atoms. The maximum atomic E-state index is 15.0. The van der Waals surface area contributed by atoms with Crippen LogP contribution in [-0.4, -0.2) is 33.0 Å². The minimum Gasteiger partial charge on any atom is -0.475 e. The normalized spacial score (nSPS) is 18.7. The highest BCUT2D eigenvalue weighted by atomic mass is 35.5. The van der Waals surface area contributed by atoms with E-state index >= 15 is 4.39 Å². The van der Waals surface area contributed by atoms with E-state index in [1.807, 2.05) is 13.8 Å². The number of hydrogen-bond donors (Lipinski definition) is 1. The number of nitrogens with zero attached hydrogens (tertiary/aromatic N) is 3. The van der Waals surface area contributed by atoms with Gasteiger partial charge in [-0.2, -0.15) is 4.39 Å². The van der Waals surface area contributed by atoms with Crippen molar-refractivity contribution in [3.05, 3.63) is 70.6 Å². The number of benzene rings is 1. The predicted octanol–water partition coefficient (Wildman–Crippen LogP) is 6.16. The maximum Gasteiger partial charge on any atom is 0.322 e. The number of fused-ring (bicyclic) bond motifs is 4. The highest BCUT2D eigenvalue weighted by molar-refractivity contribution is 6.33. The van der Waals surface area contributed by atoms with Crippen molar-refractivity contribution in [2.24, 2.45) is 0 Å². The highest BCUT2D eigenvalue weighted by Gasteiger charge is 2.43. The lowest BCUT2D eigenvalue weighted by atomic mass is 9.95. The molecule has 2 bridgehead atoms. The Morgan fingerprint density at radius 1 is 1.21 bits per heavy atom. The number of nitrogens with one attached hydrogen (secondary N) is 1. The summed E-state index contributed by atoms with van der Waals surface area (Å²) in [7, 11) is 0. The lowest BCUT2D eigenvalue weighted by Crippen LogP contribution is -2.44. The van der Waals surface area contributed by atoms with Gasteiger partial charge in [0.1, 0.15) is 5.82 Å². The second kappa shape index (κ2) is 8.83. The van der Waals surface area contributed by atoms with Crippen LogP contribution in [0.1, 0.15) is 43.9 Å². The van der Waals surface area contributed by atoms with Gasteiger partial charge in [0.2, 0.25) is 11.8 Å². The summed E-state index contributed by atoms with van der Waals surface area (Å²) in [5, 5.41) is 2.93. The average molecular weight is 485 g/mol. The summed E-state index contributed by atoms with van der Waals surface area (Å²) < 4.78 is 34.7. The molecule has 1 saturated heterocycles. The Hall–Kier alpha value is -3.26. The number of rotatable bonds is 4. The number of carbonyl (C=O) groups excluding carboxylic acids is 1. The molecule has 0 radical (unpaired) electrons. The van der Waals surface area contributed by atoms with E-state index in [1.54, 1.807) is 29.3 Å². The molecule has 3 aromatic rings. The monoisotopic (exact) mass is 484 g/mol. The van der Waals surface area contributed by atoms with E-state index in [-0.39, 0.29) is 28.9 Å². The van der Waals surface area contributed by atoms with Crippen LogP contribution in [0.2, 0.25) is 5.02 Å². The lowest BCUT2D eigenvalue weighted by molar-refractivity contribution is 0.178. The topological polar surface area (TPSA) is 67.3 Å². The Kier molecular flexibility index (Phi) is 5.85. The van der Waals surface area contributed by atoms with Crippen molar-refractivity contribution in [2.45, 2.75) is 51.3 Å². The molecule has 0 aliphatic carbocycles. The lowest BCUT2D eigenvalue weighted by Gasteiger charge is -2.36. The van der Waals surface area contributed by atoms with Gasteiger partial charge < -0.3 is 15.0 Å². The first kappa shape index (κ1) is 22.5. The molecular formula is C25H23ClF2N4O2. The van der Waals surface area contributed by atoms with Crippen LogP contribution in [-0.2, 0) is 6.42 Å². The van der Waals surface area contributed by atoms with Crippen LogP contribution in [0.3, 0.4) is 0 Å². The number of pyridine rings is 2. The van der Waals surface area contributed by atoms with Crippen molar-refractivity contribution in [3.8, 4) is 17.0 Å². The van der Waals surface area contributed by atoms with E-state index in [9.17, 15) is 9.18 Å². The van der Waals surface area contributed by atoms with E-state index in [4.69, 9.17) is 16.3 Å². The number of amides is 2. The van der Waals surface area contributed by atoms with Crippen molar-refractivity contribution in [2.75, 3.05) is 5.32 Å². The third kappa shape index (κ3) is 4.07. The van der Waals surface area contributed by atoms with Crippen LogP contribution in [0.15, 0.2) is 42.7 Å². The van der Waals surface area contributed by atoms with Gasteiger partial charge in [0.05, 0.1) is 22.9 Å². The third-order valence-electron chi connectivity index (χ3n) is 6.28. The Balaban J connectivity index is 1.36. The molecular weight excluding hydrogens is 462 g/mol. The second-order valence-electron chi connectivity index (χ2n) is 8.82. The van der Waals surface area contributed by atoms with Gasteiger partial charge in [-0.05, 0) is 62.9 Å². The van der Waals surface area contributed by atoms with Crippen LogP contribution in [0.25, 0.3) is 11.1 Å². The fraction of sp³-hybridized carbons (Fsp3) is 0.320. The van der Waals surface area contributed by atoms with Crippen LogP contribution in [0.5, 0.6) is 5.88 Å². The van der Waals surface area contributed by atoms with Crippen LogP contribution in [0.4, 0.5) is 19.3 Å². The van der Waals surface area contributed by atoms with E-state index in [0.717, 1.165) is 18.4 Å². The second-order valence-corrected chi connectivity index (χ2v) is 9.23. The SMILES string of the molecule is CC(C)Oc1ccc(-c2cc(F)c(NC(=O)N3[C@H]4CC[C@@H]3c3ccnc(F)c3C4)cc2Cl)cn1. The van der Waals surface area contributed by atoms with Gasteiger partial charge in [-0.25, -0.2) is 19.2 Å². The first-order valence-electron chi connectivity index (χ1n) is 11.2. The van der Waals surface area contributed by atoms with Gasteiger partial charge in [-0.1, -0.05) is 11.6 Å². The number of hydrogen-bond acceptors (Lipinski definition) is 4. The minimum atomic E-state index is -0.616. The van der Waals surface area contributed by atoms with Crippen LogP contribution in [0, 0.1) is 11.8 Å². The molecule has 2 amide bonds. The number of halogens is 3. The van der Waals surface area contributed by atoms with Gasteiger partial charge in [-0.15, -0.1) is 0 Å². The Morgan fingerprint density at radius 3 is 2.76 bits per heavy atom. The van der Waals surface area contributed by atoms with E-state index in [2.05, 4.69) is 15.3 Å². The van der Waals surface area contributed by atoms with E-state index in [0.29, 0.717) is 29.0 Å². The molecule has 4 heterocycles. The molecule has 0 spiro atoms. The van der Waals surface area contributed by atoms with Crippen LogP contribution >= 0.6 is 11.6 Å². The molecule has 5 rings (SSSR count). The number of ether oxygens (including phenoxy) is 1. The number of carbonyl (C=O) groups is 1. The molecule has 2 aromatic heterocycles. The summed E-state index contributed by atoms with van der Waals surface area (Å²) in [6.07, 6.45) is 4.83. The summed E-state index contributed by atoms with van der Waals surface area (Å²) in [5.41, 5.74) is 2.39. The van der Waals surface area contributed by atoms with Gasteiger partial charge in [0.25, 0.3) is 0 Å². The molecule has 1 N–H and O–H groups in total. The molecule has 176 valence electrons. The zero-order chi connectivity index (χ0) is 24.0. The van der Waals surface area contributed by atoms with Gasteiger partial charge in [0, 0.05) is 41.2 Å². The summed E-state index contributed by atoms with van der Waals surface area (Å²) in [5.74, 6) is -0.635. The zero-order valence-electron chi connectivity index (χ0n) is 18.7.